The van der Waals surface area contributed by atoms with E-state index in [9.17, 15) is 0 Å². The molecule has 0 bridgehead atoms. The second kappa shape index (κ2) is 6.20. The maximum atomic E-state index is 3.60. The smallest absolute Gasteiger partial charge is 0.0119 e. The minimum atomic E-state index is 0.334. The van der Waals surface area contributed by atoms with Crippen molar-refractivity contribution in [1.29, 1.82) is 0 Å². The summed E-state index contributed by atoms with van der Waals surface area (Å²) in [7, 11) is 0. The Kier molecular flexibility index (Phi) is 5.20. The molecule has 96 valence electrons. The molecule has 1 aromatic rings. The lowest BCUT2D eigenvalue weighted by atomic mass is 9.83. The Balaban J connectivity index is 2.54. The van der Waals surface area contributed by atoms with Crippen LogP contribution in [0.1, 0.15) is 45.2 Å². The van der Waals surface area contributed by atoms with Crippen LogP contribution in [0.4, 0.5) is 0 Å². The van der Waals surface area contributed by atoms with Crippen molar-refractivity contribution in [3.8, 4) is 0 Å². The number of rotatable bonds is 5. The van der Waals surface area contributed by atoms with Crippen LogP contribution in [0, 0.1) is 12.3 Å². The van der Waals surface area contributed by atoms with Crippen molar-refractivity contribution in [1.82, 2.24) is 5.32 Å². The first kappa shape index (κ1) is 14.2. The Hall–Kier alpha value is -0.820. The Morgan fingerprint density at radius 3 is 2.18 bits per heavy atom. The fourth-order valence-electron chi connectivity index (χ4n) is 2.15. The Morgan fingerprint density at radius 1 is 1.12 bits per heavy atom. The molecule has 1 nitrogen and oxygen atoms in total. The average Bonchev–Trinajstić information content (AvgIpc) is 2.25. The van der Waals surface area contributed by atoms with E-state index in [0.29, 0.717) is 11.5 Å². The molecule has 0 spiro atoms. The van der Waals surface area contributed by atoms with E-state index < -0.39 is 0 Å². The van der Waals surface area contributed by atoms with Crippen LogP contribution in [0.2, 0.25) is 0 Å². The maximum absolute atomic E-state index is 3.60. The third-order valence-electron chi connectivity index (χ3n) is 3.34. The van der Waals surface area contributed by atoms with Crippen LogP contribution in [-0.2, 0) is 6.42 Å². The van der Waals surface area contributed by atoms with Gasteiger partial charge in [-0.1, -0.05) is 57.5 Å². The molecule has 1 N–H and O–H groups in total. The molecule has 0 heterocycles. The normalized spacial score (nSPS) is 13.7. The summed E-state index contributed by atoms with van der Waals surface area (Å²) in [4.78, 5) is 0. The monoisotopic (exact) mass is 233 g/mol. The van der Waals surface area contributed by atoms with Crippen molar-refractivity contribution >= 4 is 0 Å². The lowest BCUT2D eigenvalue weighted by Gasteiger charge is -2.31. The van der Waals surface area contributed by atoms with Gasteiger partial charge in [0.15, 0.2) is 0 Å². The second-order valence-electron chi connectivity index (χ2n) is 6.00. The van der Waals surface area contributed by atoms with E-state index in [2.05, 4.69) is 64.2 Å². The van der Waals surface area contributed by atoms with E-state index in [4.69, 9.17) is 0 Å². The molecule has 0 aliphatic heterocycles. The first-order chi connectivity index (χ1) is 7.93. The van der Waals surface area contributed by atoms with Crippen molar-refractivity contribution in [3.05, 3.63) is 35.4 Å². The van der Waals surface area contributed by atoms with Crippen LogP contribution in [-0.4, -0.2) is 12.6 Å². The van der Waals surface area contributed by atoms with E-state index in [0.717, 1.165) is 13.0 Å². The Morgan fingerprint density at radius 2 is 1.71 bits per heavy atom. The van der Waals surface area contributed by atoms with E-state index in [1.54, 1.807) is 0 Å². The van der Waals surface area contributed by atoms with Crippen molar-refractivity contribution in [2.75, 3.05) is 6.54 Å². The van der Waals surface area contributed by atoms with Gasteiger partial charge in [0, 0.05) is 6.04 Å². The van der Waals surface area contributed by atoms with Crippen LogP contribution in [0.3, 0.4) is 0 Å². The molecule has 0 amide bonds. The number of nitrogens with one attached hydrogen (secondary N) is 1. The summed E-state index contributed by atoms with van der Waals surface area (Å²) in [5.41, 5.74) is 3.12. The van der Waals surface area contributed by atoms with Crippen LogP contribution in [0.15, 0.2) is 24.3 Å². The molecule has 0 fully saturated rings. The van der Waals surface area contributed by atoms with Gasteiger partial charge in [-0.2, -0.15) is 0 Å². The fraction of sp³-hybridized carbons (Fsp3) is 0.625. The molecule has 1 rings (SSSR count). The molecule has 0 aliphatic rings. The molecule has 0 saturated heterocycles. The van der Waals surface area contributed by atoms with Crippen molar-refractivity contribution < 1.29 is 0 Å². The number of hydrogen-bond donors (Lipinski definition) is 1. The molecule has 0 radical (unpaired) electrons. The zero-order chi connectivity index (χ0) is 12.9. The predicted octanol–water partition coefficient (Wildman–Crippen LogP) is 3.95. The molecular formula is C16H27N. The quantitative estimate of drug-likeness (QED) is 0.812. The minimum Gasteiger partial charge on any atom is -0.314 e. The Bertz CT molecular complexity index is 318. The molecule has 0 saturated carbocycles. The van der Waals surface area contributed by atoms with Crippen molar-refractivity contribution in [3.63, 3.8) is 0 Å². The lowest BCUT2D eigenvalue weighted by Crippen LogP contribution is -2.40. The van der Waals surface area contributed by atoms with Crippen LogP contribution < -0.4 is 5.32 Å². The number of benzene rings is 1. The largest absolute Gasteiger partial charge is 0.314 e. The molecule has 17 heavy (non-hydrogen) atoms. The van der Waals surface area contributed by atoms with Gasteiger partial charge in [0.1, 0.15) is 0 Å². The summed E-state index contributed by atoms with van der Waals surface area (Å²) in [5.74, 6) is 0. The van der Waals surface area contributed by atoms with Gasteiger partial charge in [-0.15, -0.1) is 0 Å². The van der Waals surface area contributed by atoms with Crippen molar-refractivity contribution in [2.24, 2.45) is 5.41 Å². The van der Waals surface area contributed by atoms with Gasteiger partial charge in [0.05, 0.1) is 0 Å². The molecule has 0 aliphatic carbocycles. The summed E-state index contributed by atoms with van der Waals surface area (Å²) in [5, 5.41) is 3.60. The highest BCUT2D eigenvalue weighted by Gasteiger charge is 2.22. The van der Waals surface area contributed by atoms with E-state index in [-0.39, 0.29) is 0 Å². The summed E-state index contributed by atoms with van der Waals surface area (Å²) in [6.07, 6.45) is 2.37. The van der Waals surface area contributed by atoms with Gasteiger partial charge in [0.25, 0.3) is 0 Å². The molecule has 1 atom stereocenters. The predicted molar refractivity (Wildman–Crippen MR) is 76.4 cm³/mol. The summed E-state index contributed by atoms with van der Waals surface area (Å²) in [6.45, 7) is 12.3. The highest BCUT2D eigenvalue weighted by molar-refractivity contribution is 5.21. The van der Waals surface area contributed by atoms with E-state index >= 15 is 0 Å². The zero-order valence-electron chi connectivity index (χ0n) is 12.0. The minimum absolute atomic E-state index is 0.334. The topological polar surface area (TPSA) is 12.0 Å². The van der Waals surface area contributed by atoms with Gasteiger partial charge in [-0.25, -0.2) is 0 Å². The third kappa shape index (κ3) is 4.91. The number of aryl methyl sites for hydroxylation is 2. The average molecular weight is 233 g/mol. The van der Waals surface area contributed by atoms with Crippen LogP contribution >= 0.6 is 0 Å². The first-order valence-corrected chi connectivity index (χ1v) is 6.72. The number of hydrogen-bond acceptors (Lipinski definition) is 1. The third-order valence-corrected chi connectivity index (χ3v) is 3.34. The lowest BCUT2D eigenvalue weighted by molar-refractivity contribution is 0.258. The van der Waals surface area contributed by atoms with Gasteiger partial charge < -0.3 is 5.32 Å². The maximum Gasteiger partial charge on any atom is 0.0119 e. The summed E-state index contributed by atoms with van der Waals surface area (Å²) in [6, 6.07) is 9.50. The molecule has 1 aromatic carbocycles. The molecule has 0 aromatic heterocycles. The standard InChI is InChI=1S/C16H27N/c1-6-17-15(16(3,4)5)12-11-14-9-7-13(2)8-10-14/h7-10,15,17H,6,11-12H2,1-5H3. The van der Waals surface area contributed by atoms with Gasteiger partial charge in [0.2, 0.25) is 0 Å². The van der Waals surface area contributed by atoms with Crippen LogP contribution in [0.5, 0.6) is 0 Å². The molecule has 1 unspecified atom stereocenters. The molecular weight excluding hydrogens is 206 g/mol. The zero-order valence-corrected chi connectivity index (χ0v) is 12.0. The highest BCUT2D eigenvalue weighted by Crippen LogP contribution is 2.23. The van der Waals surface area contributed by atoms with E-state index in [1.165, 1.54) is 17.5 Å². The van der Waals surface area contributed by atoms with Crippen molar-refractivity contribution in [2.45, 2.75) is 53.5 Å². The summed E-state index contributed by atoms with van der Waals surface area (Å²) < 4.78 is 0. The van der Waals surface area contributed by atoms with Gasteiger partial charge in [-0.05, 0) is 37.3 Å². The van der Waals surface area contributed by atoms with E-state index in [1.807, 2.05) is 0 Å². The Labute approximate surface area is 107 Å². The van der Waals surface area contributed by atoms with Gasteiger partial charge in [-0.3, -0.25) is 0 Å². The second-order valence-corrected chi connectivity index (χ2v) is 6.00. The van der Waals surface area contributed by atoms with Gasteiger partial charge >= 0.3 is 0 Å². The SMILES string of the molecule is CCNC(CCc1ccc(C)cc1)C(C)(C)C. The summed E-state index contributed by atoms with van der Waals surface area (Å²) >= 11 is 0. The fourth-order valence-corrected chi connectivity index (χ4v) is 2.15. The first-order valence-electron chi connectivity index (χ1n) is 6.72. The van der Waals surface area contributed by atoms with Crippen LogP contribution in [0.25, 0.3) is 0 Å². The highest BCUT2D eigenvalue weighted by atomic mass is 14.9. The molecule has 1 heteroatoms.